The van der Waals surface area contributed by atoms with Crippen molar-refractivity contribution in [3.8, 4) is 5.75 Å². The topological polar surface area (TPSA) is 29.5 Å². The molecule has 0 atom stereocenters. The van der Waals surface area contributed by atoms with Gasteiger partial charge in [-0.05, 0) is 32.0 Å². The molecule has 0 fully saturated rings. The summed E-state index contributed by atoms with van der Waals surface area (Å²) in [5.74, 6) is 0.180. The van der Waals surface area contributed by atoms with E-state index in [1.807, 2.05) is 27.7 Å². The second-order valence-electron chi connectivity index (χ2n) is 3.08. The maximum Gasteiger partial charge on any atom is 0.125 e. The minimum atomic E-state index is -0.361. The molecular weight excluding hydrogens is 195 g/mol. The van der Waals surface area contributed by atoms with Gasteiger partial charge in [-0.3, -0.25) is 0 Å². The van der Waals surface area contributed by atoms with E-state index in [9.17, 15) is 4.39 Å². The highest BCUT2D eigenvalue weighted by atomic mass is 19.1. The molecule has 0 bridgehead atoms. The average molecular weight is 214 g/mol. The number of benzene rings is 1. The number of aliphatic hydroxyl groups excluding tert-OH is 1. The molecule has 0 amide bonds. The van der Waals surface area contributed by atoms with Crippen molar-refractivity contribution in [3.05, 3.63) is 29.6 Å². The standard InChI is InChI=1S/C10H13FO2.C2H6/c1-7(2)13-10-4-3-9(11)5-8(10)6-12;1-2/h3-5,7,12H,6H2,1-2H3;1-2H3. The summed E-state index contributed by atoms with van der Waals surface area (Å²) in [5, 5.41) is 8.91. The molecular formula is C12H19FO2. The molecule has 0 unspecified atom stereocenters. The summed E-state index contributed by atoms with van der Waals surface area (Å²) in [4.78, 5) is 0. The van der Waals surface area contributed by atoms with E-state index in [-0.39, 0.29) is 18.5 Å². The zero-order valence-electron chi connectivity index (χ0n) is 9.75. The molecule has 0 aliphatic carbocycles. The van der Waals surface area contributed by atoms with Gasteiger partial charge in [0.2, 0.25) is 0 Å². The van der Waals surface area contributed by atoms with Crippen LogP contribution in [0.5, 0.6) is 5.75 Å². The van der Waals surface area contributed by atoms with Crippen LogP contribution in [-0.4, -0.2) is 11.2 Å². The maximum atomic E-state index is 12.7. The number of ether oxygens (including phenoxy) is 1. The molecule has 0 spiro atoms. The third-order valence-corrected chi connectivity index (χ3v) is 1.56. The minimum Gasteiger partial charge on any atom is -0.491 e. The number of halogens is 1. The summed E-state index contributed by atoms with van der Waals surface area (Å²) in [5.41, 5.74) is 0.480. The zero-order chi connectivity index (χ0) is 11.8. The highest BCUT2D eigenvalue weighted by Gasteiger charge is 2.05. The molecule has 3 heteroatoms. The summed E-state index contributed by atoms with van der Waals surface area (Å²) >= 11 is 0. The minimum absolute atomic E-state index is 0.0239. The first-order valence-corrected chi connectivity index (χ1v) is 5.19. The molecule has 0 aromatic heterocycles. The van der Waals surface area contributed by atoms with Gasteiger partial charge in [0.05, 0.1) is 12.7 Å². The van der Waals surface area contributed by atoms with Gasteiger partial charge in [-0.15, -0.1) is 0 Å². The quantitative estimate of drug-likeness (QED) is 0.837. The predicted molar refractivity (Wildman–Crippen MR) is 59.4 cm³/mol. The predicted octanol–water partition coefficient (Wildman–Crippen LogP) is 3.13. The first kappa shape index (κ1) is 13.9. The highest BCUT2D eigenvalue weighted by Crippen LogP contribution is 2.20. The molecule has 15 heavy (non-hydrogen) atoms. The Labute approximate surface area is 90.7 Å². The van der Waals surface area contributed by atoms with Gasteiger partial charge >= 0.3 is 0 Å². The van der Waals surface area contributed by atoms with Gasteiger partial charge in [-0.1, -0.05) is 13.8 Å². The lowest BCUT2D eigenvalue weighted by atomic mass is 10.2. The summed E-state index contributed by atoms with van der Waals surface area (Å²) in [6, 6.07) is 4.12. The Morgan fingerprint density at radius 1 is 1.33 bits per heavy atom. The van der Waals surface area contributed by atoms with Crippen molar-refractivity contribution in [1.29, 1.82) is 0 Å². The van der Waals surface area contributed by atoms with E-state index >= 15 is 0 Å². The van der Waals surface area contributed by atoms with Crippen LogP contribution in [0.4, 0.5) is 4.39 Å². The van der Waals surface area contributed by atoms with Crippen molar-refractivity contribution in [2.45, 2.75) is 40.4 Å². The third kappa shape index (κ3) is 4.79. The fourth-order valence-electron chi connectivity index (χ4n) is 1.04. The number of rotatable bonds is 3. The van der Waals surface area contributed by atoms with E-state index in [4.69, 9.17) is 9.84 Å². The Hall–Kier alpha value is -1.09. The second kappa shape index (κ2) is 7.23. The van der Waals surface area contributed by atoms with E-state index in [2.05, 4.69) is 0 Å². The number of aliphatic hydroxyl groups is 1. The van der Waals surface area contributed by atoms with Crippen LogP contribution in [0.3, 0.4) is 0 Å². The lowest BCUT2D eigenvalue weighted by Crippen LogP contribution is -2.07. The molecule has 1 aromatic rings. The normalized spacial score (nSPS) is 9.53. The van der Waals surface area contributed by atoms with Gasteiger partial charge in [-0.25, -0.2) is 4.39 Å². The molecule has 0 saturated carbocycles. The summed E-state index contributed by atoms with van der Waals surface area (Å²) in [6.45, 7) is 7.55. The molecule has 86 valence electrons. The first-order chi connectivity index (χ1) is 7.13. The third-order valence-electron chi connectivity index (χ3n) is 1.56. The zero-order valence-corrected chi connectivity index (χ0v) is 9.75. The van der Waals surface area contributed by atoms with E-state index in [1.165, 1.54) is 18.2 Å². The Bertz CT molecular complexity index is 285. The van der Waals surface area contributed by atoms with Crippen molar-refractivity contribution in [2.75, 3.05) is 0 Å². The molecule has 1 N–H and O–H groups in total. The Morgan fingerprint density at radius 2 is 1.93 bits per heavy atom. The van der Waals surface area contributed by atoms with Gasteiger partial charge in [-0.2, -0.15) is 0 Å². The van der Waals surface area contributed by atoms with Crippen LogP contribution in [0.1, 0.15) is 33.3 Å². The van der Waals surface area contributed by atoms with Crippen molar-refractivity contribution < 1.29 is 14.2 Å². The smallest absolute Gasteiger partial charge is 0.125 e. The van der Waals surface area contributed by atoms with Gasteiger partial charge in [0.25, 0.3) is 0 Å². The van der Waals surface area contributed by atoms with Crippen LogP contribution in [-0.2, 0) is 6.61 Å². The molecule has 0 radical (unpaired) electrons. The summed E-state index contributed by atoms with van der Waals surface area (Å²) < 4.78 is 18.1. The Balaban J connectivity index is 0.000000921. The highest BCUT2D eigenvalue weighted by molar-refractivity contribution is 5.33. The molecule has 0 saturated heterocycles. The van der Waals surface area contributed by atoms with Crippen LogP contribution >= 0.6 is 0 Å². The molecule has 2 nitrogen and oxygen atoms in total. The van der Waals surface area contributed by atoms with Crippen LogP contribution in [0, 0.1) is 5.82 Å². The van der Waals surface area contributed by atoms with Crippen molar-refractivity contribution in [3.63, 3.8) is 0 Å². The lowest BCUT2D eigenvalue weighted by Gasteiger charge is -2.12. The fraction of sp³-hybridized carbons (Fsp3) is 0.500. The van der Waals surface area contributed by atoms with Crippen molar-refractivity contribution >= 4 is 0 Å². The van der Waals surface area contributed by atoms with Crippen molar-refractivity contribution in [1.82, 2.24) is 0 Å². The maximum absolute atomic E-state index is 12.7. The molecule has 0 aliphatic rings. The summed E-state index contributed by atoms with van der Waals surface area (Å²) in [6.07, 6.45) is 0.0239. The van der Waals surface area contributed by atoms with Gasteiger partial charge in [0.15, 0.2) is 0 Å². The van der Waals surface area contributed by atoms with Crippen LogP contribution < -0.4 is 4.74 Å². The van der Waals surface area contributed by atoms with E-state index < -0.39 is 0 Å². The molecule has 1 rings (SSSR count). The van der Waals surface area contributed by atoms with Gasteiger partial charge < -0.3 is 9.84 Å². The SMILES string of the molecule is CC.CC(C)Oc1ccc(F)cc1CO. The summed E-state index contributed by atoms with van der Waals surface area (Å²) in [7, 11) is 0. The van der Waals surface area contributed by atoms with E-state index in [0.29, 0.717) is 11.3 Å². The van der Waals surface area contributed by atoms with Gasteiger partial charge in [0.1, 0.15) is 11.6 Å². The number of hydrogen-bond donors (Lipinski definition) is 1. The van der Waals surface area contributed by atoms with Gasteiger partial charge in [0, 0.05) is 5.56 Å². The average Bonchev–Trinajstić information content (AvgIpc) is 2.23. The molecule has 1 aromatic carbocycles. The van der Waals surface area contributed by atoms with E-state index in [0.717, 1.165) is 0 Å². The lowest BCUT2D eigenvalue weighted by molar-refractivity contribution is 0.225. The van der Waals surface area contributed by atoms with Crippen molar-refractivity contribution in [2.24, 2.45) is 0 Å². The van der Waals surface area contributed by atoms with Crippen LogP contribution in [0.15, 0.2) is 18.2 Å². The van der Waals surface area contributed by atoms with Crippen LogP contribution in [0.25, 0.3) is 0 Å². The first-order valence-electron chi connectivity index (χ1n) is 5.19. The Kier molecular flexibility index (Phi) is 6.71. The number of hydrogen-bond acceptors (Lipinski definition) is 2. The Morgan fingerprint density at radius 3 is 2.40 bits per heavy atom. The molecule has 0 heterocycles. The van der Waals surface area contributed by atoms with E-state index in [1.54, 1.807) is 0 Å². The molecule has 0 aliphatic heterocycles. The van der Waals surface area contributed by atoms with Crippen LogP contribution in [0.2, 0.25) is 0 Å². The monoisotopic (exact) mass is 214 g/mol. The second-order valence-corrected chi connectivity index (χ2v) is 3.08. The largest absolute Gasteiger partial charge is 0.491 e. The fourth-order valence-corrected chi connectivity index (χ4v) is 1.04.